The number of fused-ring (bicyclic) bond motifs is 1. The van der Waals surface area contributed by atoms with Crippen molar-refractivity contribution in [2.75, 3.05) is 21.1 Å². The monoisotopic (exact) mass is 378 g/mol. The van der Waals surface area contributed by atoms with Gasteiger partial charge in [-0.3, -0.25) is 9.79 Å². The number of carbonyl (C=O) groups is 1. The zero-order valence-electron chi connectivity index (χ0n) is 16.7. The lowest BCUT2D eigenvalue weighted by Crippen LogP contribution is -2.36. The summed E-state index contributed by atoms with van der Waals surface area (Å²) in [6, 6.07) is 15.7. The summed E-state index contributed by atoms with van der Waals surface area (Å²) in [4.78, 5) is 22.4. The number of amides is 1. The summed E-state index contributed by atoms with van der Waals surface area (Å²) < 4.78 is 2.08. The van der Waals surface area contributed by atoms with Gasteiger partial charge in [-0.1, -0.05) is 24.3 Å². The second-order valence-electron chi connectivity index (χ2n) is 6.75. The molecular formula is C21H26N6O. The molecule has 0 fully saturated rings. The molecule has 0 aliphatic carbocycles. The van der Waals surface area contributed by atoms with Crippen molar-refractivity contribution in [3.05, 3.63) is 65.5 Å². The molecule has 0 spiro atoms. The summed E-state index contributed by atoms with van der Waals surface area (Å²) in [7, 11) is 7.25. The first-order valence-electron chi connectivity index (χ1n) is 9.15. The second-order valence-corrected chi connectivity index (χ2v) is 6.75. The minimum Gasteiger partial charge on any atom is -0.352 e. The lowest BCUT2D eigenvalue weighted by atomic mass is 10.1. The molecule has 3 aromatic rings. The Morgan fingerprint density at radius 3 is 2.39 bits per heavy atom. The molecule has 1 amide bonds. The fraction of sp³-hybridized carbons (Fsp3) is 0.286. The molecule has 3 rings (SSSR count). The molecule has 0 aliphatic heterocycles. The van der Waals surface area contributed by atoms with Crippen molar-refractivity contribution in [3.8, 4) is 0 Å². The summed E-state index contributed by atoms with van der Waals surface area (Å²) in [6.45, 7) is 1.18. The predicted octanol–water partition coefficient (Wildman–Crippen LogP) is 2.14. The number of nitrogens with zero attached hydrogens (tertiary/aromatic N) is 4. The predicted molar refractivity (Wildman–Crippen MR) is 112 cm³/mol. The molecule has 0 atom stereocenters. The van der Waals surface area contributed by atoms with Crippen LogP contribution in [-0.4, -0.2) is 47.5 Å². The van der Waals surface area contributed by atoms with E-state index in [0.29, 0.717) is 24.6 Å². The molecule has 0 saturated carbocycles. The van der Waals surface area contributed by atoms with E-state index in [1.165, 1.54) is 0 Å². The molecule has 2 N–H and O–H groups in total. The number of hydrogen-bond acceptors (Lipinski definition) is 3. The van der Waals surface area contributed by atoms with Crippen LogP contribution in [0.4, 0.5) is 0 Å². The lowest BCUT2D eigenvalue weighted by Gasteiger charge is -2.13. The van der Waals surface area contributed by atoms with E-state index in [4.69, 9.17) is 0 Å². The summed E-state index contributed by atoms with van der Waals surface area (Å²) in [5.74, 6) is 1.63. The molecule has 0 bridgehead atoms. The summed E-state index contributed by atoms with van der Waals surface area (Å²) in [5.41, 5.74) is 3.84. The van der Waals surface area contributed by atoms with Gasteiger partial charge in [-0.15, -0.1) is 0 Å². The number of aliphatic imine (C=N–C) groups is 1. The number of hydrogen-bond donors (Lipinski definition) is 2. The molecule has 7 nitrogen and oxygen atoms in total. The average molecular weight is 378 g/mol. The van der Waals surface area contributed by atoms with Crippen molar-refractivity contribution in [2.24, 2.45) is 12.0 Å². The van der Waals surface area contributed by atoms with Crippen molar-refractivity contribution in [1.29, 1.82) is 0 Å². The van der Waals surface area contributed by atoms with Gasteiger partial charge in [-0.25, -0.2) is 4.98 Å². The van der Waals surface area contributed by atoms with Gasteiger partial charge >= 0.3 is 0 Å². The molecule has 0 aliphatic rings. The van der Waals surface area contributed by atoms with Crippen LogP contribution in [0.15, 0.2) is 53.5 Å². The van der Waals surface area contributed by atoms with Crippen molar-refractivity contribution >= 4 is 22.9 Å². The van der Waals surface area contributed by atoms with Crippen LogP contribution >= 0.6 is 0 Å². The zero-order chi connectivity index (χ0) is 20.1. The Bertz CT molecular complexity index is 988. The molecule has 146 valence electrons. The Morgan fingerprint density at radius 2 is 1.75 bits per heavy atom. The summed E-state index contributed by atoms with van der Waals surface area (Å²) in [5, 5.41) is 6.58. The Balaban J connectivity index is 1.57. The quantitative estimate of drug-likeness (QED) is 0.527. The SMILES string of the molecule is CN=C(NCc1ccc(C(=O)N(C)C)cc1)NCc1nc2ccccc2n1C. The van der Waals surface area contributed by atoms with E-state index in [-0.39, 0.29) is 5.91 Å². The van der Waals surface area contributed by atoms with Crippen LogP contribution < -0.4 is 10.6 Å². The Hall–Kier alpha value is -3.35. The Kier molecular flexibility index (Phi) is 5.93. The number of aryl methyl sites for hydroxylation is 1. The summed E-state index contributed by atoms with van der Waals surface area (Å²) in [6.07, 6.45) is 0. The van der Waals surface area contributed by atoms with E-state index in [0.717, 1.165) is 22.4 Å². The van der Waals surface area contributed by atoms with Crippen LogP contribution in [0.2, 0.25) is 0 Å². The van der Waals surface area contributed by atoms with Crippen molar-refractivity contribution in [2.45, 2.75) is 13.1 Å². The molecule has 0 unspecified atom stereocenters. The number of imidazole rings is 1. The number of benzene rings is 2. The third kappa shape index (κ3) is 4.31. The smallest absolute Gasteiger partial charge is 0.253 e. The first-order valence-corrected chi connectivity index (χ1v) is 9.15. The van der Waals surface area contributed by atoms with Crippen LogP contribution in [0.5, 0.6) is 0 Å². The van der Waals surface area contributed by atoms with E-state index < -0.39 is 0 Å². The van der Waals surface area contributed by atoms with Gasteiger partial charge in [0.25, 0.3) is 5.91 Å². The minimum atomic E-state index is -0.000518. The molecule has 0 saturated heterocycles. The van der Waals surface area contributed by atoms with Gasteiger partial charge in [0.15, 0.2) is 5.96 Å². The third-order valence-corrected chi connectivity index (χ3v) is 4.58. The summed E-state index contributed by atoms with van der Waals surface area (Å²) >= 11 is 0. The number of rotatable bonds is 5. The zero-order valence-corrected chi connectivity index (χ0v) is 16.7. The maximum Gasteiger partial charge on any atom is 0.253 e. The highest BCUT2D eigenvalue weighted by atomic mass is 16.2. The van der Waals surface area contributed by atoms with Crippen LogP contribution in [0.1, 0.15) is 21.7 Å². The first kappa shape index (κ1) is 19.4. The Morgan fingerprint density at radius 1 is 1.07 bits per heavy atom. The van der Waals surface area contributed by atoms with E-state index in [9.17, 15) is 4.79 Å². The van der Waals surface area contributed by atoms with Gasteiger partial charge in [0.05, 0.1) is 17.6 Å². The maximum atomic E-state index is 12.0. The molecule has 7 heteroatoms. The van der Waals surface area contributed by atoms with Crippen LogP contribution in [-0.2, 0) is 20.1 Å². The average Bonchev–Trinajstić information content (AvgIpc) is 3.04. The highest BCUT2D eigenvalue weighted by Crippen LogP contribution is 2.13. The largest absolute Gasteiger partial charge is 0.352 e. The van der Waals surface area contributed by atoms with Gasteiger partial charge in [0.1, 0.15) is 5.82 Å². The van der Waals surface area contributed by atoms with E-state index in [2.05, 4.69) is 31.2 Å². The third-order valence-electron chi connectivity index (χ3n) is 4.58. The number of para-hydroxylation sites is 2. The fourth-order valence-corrected chi connectivity index (χ4v) is 2.95. The van der Waals surface area contributed by atoms with Gasteiger partial charge in [-0.05, 0) is 29.8 Å². The highest BCUT2D eigenvalue weighted by molar-refractivity contribution is 5.93. The number of carbonyl (C=O) groups excluding carboxylic acids is 1. The Labute approximate surface area is 165 Å². The molecule has 1 heterocycles. The number of guanidine groups is 1. The van der Waals surface area contributed by atoms with Gasteiger partial charge < -0.3 is 20.1 Å². The molecule has 2 aromatic carbocycles. The van der Waals surface area contributed by atoms with Crippen LogP contribution in [0.3, 0.4) is 0 Å². The fourth-order valence-electron chi connectivity index (χ4n) is 2.95. The van der Waals surface area contributed by atoms with Crippen molar-refractivity contribution < 1.29 is 4.79 Å². The lowest BCUT2D eigenvalue weighted by molar-refractivity contribution is 0.0827. The van der Waals surface area contributed by atoms with Crippen LogP contribution in [0, 0.1) is 0 Å². The molecular weight excluding hydrogens is 352 g/mol. The maximum absolute atomic E-state index is 12.0. The molecule has 0 radical (unpaired) electrons. The highest BCUT2D eigenvalue weighted by Gasteiger charge is 2.09. The van der Waals surface area contributed by atoms with Gasteiger partial charge in [0, 0.05) is 40.3 Å². The second kappa shape index (κ2) is 8.56. The van der Waals surface area contributed by atoms with Gasteiger partial charge in [0.2, 0.25) is 0 Å². The van der Waals surface area contributed by atoms with E-state index >= 15 is 0 Å². The van der Waals surface area contributed by atoms with Gasteiger partial charge in [-0.2, -0.15) is 0 Å². The number of aromatic nitrogens is 2. The minimum absolute atomic E-state index is 0.000518. The van der Waals surface area contributed by atoms with Crippen molar-refractivity contribution in [3.63, 3.8) is 0 Å². The standard InChI is InChI=1S/C21H26N6O/c1-22-21(23-13-15-9-11-16(12-10-15)20(28)26(2)3)24-14-19-25-17-7-5-6-8-18(17)27(19)4/h5-12H,13-14H2,1-4H3,(H2,22,23,24). The van der Waals surface area contributed by atoms with E-state index in [1.54, 1.807) is 26.0 Å². The normalized spacial score (nSPS) is 11.5. The molecule has 1 aromatic heterocycles. The first-order chi connectivity index (χ1) is 13.5. The number of nitrogens with one attached hydrogen (secondary N) is 2. The van der Waals surface area contributed by atoms with Crippen molar-refractivity contribution in [1.82, 2.24) is 25.1 Å². The van der Waals surface area contributed by atoms with E-state index in [1.807, 2.05) is 49.5 Å². The topological polar surface area (TPSA) is 74.6 Å². The molecule has 28 heavy (non-hydrogen) atoms. The van der Waals surface area contributed by atoms with Crippen LogP contribution in [0.25, 0.3) is 11.0 Å².